The summed E-state index contributed by atoms with van der Waals surface area (Å²) >= 11 is 0. The van der Waals surface area contributed by atoms with Crippen molar-refractivity contribution in [3.8, 4) is 0 Å². The van der Waals surface area contributed by atoms with Gasteiger partial charge in [0.1, 0.15) is 0 Å². The number of nitrogens with one attached hydrogen (secondary N) is 2. The number of sulfonamides is 1. The van der Waals surface area contributed by atoms with Gasteiger partial charge in [0.2, 0.25) is 0 Å². The summed E-state index contributed by atoms with van der Waals surface area (Å²) in [5.74, 6) is -0.288. The van der Waals surface area contributed by atoms with E-state index >= 15 is 0 Å². The first-order chi connectivity index (χ1) is 11.7. The molecule has 26 heavy (non-hydrogen) atoms. The molecule has 0 saturated heterocycles. The molecule has 6 nitrogen and oxygen atoms in total. The lowest BCUT2D eigenvalue weighted by Crippen LogP contribution is -2.37. The minimum absolute atomic E-state index is 0. The fourth-order valence-electron chi connectivity index (χ4n) is 2.22. The Balaban J connectivity index is 0.00000338. The highest BCUT2D eigenvalue weighted by Crippen LogP contribution is 2.22. The Morgan fingerprint density at radius 3 is 2.31 bits per heavy atom. The summed E-state index contributed by atoms with van der Waals surface area (Å²) in [5, 5.41) is 2.73. The Hall–Kier alpha value is -2.09. The lowest BCUT2D eigenvalue weighted by molar-refractivity contribution is 0.0941. The van der Waals surface area contributed by atoms with Gasteiger partial charge < -0.3 is 11.1 Å². The second-order valence-corrected chi connectivity index (χ2v) is 7.67. The smallest absolute Gasteiger partial charge is 0.261 e. The van der Waals surface area contributed by atoms with Crippen molar-refractivity contribution in [2.45, 2.75) is 31.7 Å². The van der Waals surface area contributed by atoms with Crippen LogP contribution in [0.3, 0.4) is 0 Å². The molecule has 0 bridgehead atoms. The van der Waals surface area contributed by atoms with Crippen LogP contribution in [0.4, 0.5) is 5.69 Å². The molecule has 0 aliphatic carbocycles. The number of nitrogens with two attached hydrogens (primary N) is 1. The third-order valence-electron chi connectivity index (χ3n) is 4.01. The Morgan fingerprint density at radius 1 is 1.12 bits per heavy atom. The first-order valence-corrected chi connectivity index (χ1v) is 9.43. The van der Waals surface area contributed by atoms with Gasteiger partial charge in [-0.1, -0.05) is 12.1 Å². The number of hydrogen-bond donors (Lipinski definition) is 3. The molecular weight excluding hydrogens is 374 g/mol. The molecule has 0 aliphatic rings. The third-order valence-corrected chi connectivity index (χ3v) is 5.39. The van der Waals surface area contributed by atoms with Crippen LogP contribution < -0.4 is 15.8 Å². The van der Waals surface area contributed by atoms with E-state index in [-0.39, 0.29) is 29.3 Å². The number of hydrogen-bond acceptors (Lipinski definition) is 4. The molecule has 0 unspecified atom stereocenters. The van der Waals surface area contributed by atoms with Gasteiger partial charge in [0.25, 0.3) is 15.9 Å². The van der Waals surface area contributed by atoms with E-state index in [0.717, 1.165) is 11.1 Å². The second kappa shape index (κ2) is 9.02. The summed E-state index contributed by atoms with van der Waals surface area (Å²) in [7, 11) is -3.72. The number of carbonyl (C=O) groups is 1. The molecule has 2 aromatic carbocycles. The monoisotopic (exact) mass is 397 g/mol. The summed E-state index contributed by atoms with van der Waals surface area (Å²) in [5.41, 5.74) is 8.27. The first-order valence-electron chi connectivity index (χ1n) is 7.94. The van der Waals surface area contributed by atoms with Gasteiger partial charge in [-0.15, -0.1) is 12.4 Å². The molecule has 0 fully saturated rings. The Morgan fingerprint density at radius 2 is 1.73 bits per heavy atom. The van der Waals surface area contributed by atoms with Crippen LogP contribution in [-0.4, -0.2) is 26.9 Å². The largest absolute Gasteiger partial charge is 0.348 e. The van der Waals surface area contributed by atoms with E-state index in [1.165, 1.54) is 24.3 Å². The molecule has 2 rings (SSSR count). The second-order valence-electron chi connectivity index (χ2n) is 5.99. The molecule has 142 valence electrons. The molecule has 0 radical (unpaired) electrons. The predicted molar refractivity (Wildman–Crippen MR) is 106 cm³/mol. The number of anilines is 1. The molecule has 0 spiro atoms. The van der Waals surface area contributed by atoms with Crippen LogP contribution in [-0.2, 0) is 10.0 Å². The molecule has 0 aliphatic heterocycles. The van der Waals surface area contributed by atoms with Crippen LogP contribution >= 0.6 is 12.4 Å². The molecule has 8 heteroatoms. The minimum Gasteiger partial charge on any atom is -0.348 e. The molecule has 1 atom stereocenters. The number of aryl methyl sites for hydroxylation is 1. The third kappa shape index (κ3) is 5.20. The Labute approximate surface area is 160 Å². The average Bonchev–Trinajstić information content (AvgIpc) is 2.58. The topological polar surface area (TPSA) is 101 Å². The standard InChI is InChI=1S/C18H23N3O3S.ClH/c1-12-5-4-6-17(14(12)3)21-25(23,24)16-9-7-15(8-10-16)18(22)20-13(2)11-19;/h4-10,13,21H,11,19H2,1-3H3,(H,20,22);1H/t13-;/m0./s1. The van der Waals surface area contributed by atoms with E-state index in [0.29, 0.717) is 17.8 Å². The highest BCUT2D eigenvalue weighted by molar-refractivity contribution is 7.92. The van der Waals surface area contributed by atoms with Gasteiger partial charge in [0.15, 0.2) is 0 Å². The molecular formula is C18H24ClN3O3S. The van der Waals surface area contributed by atoms with E-state index < -0.39 is 10.0 Å². The van der Waals surface area contributed by atoms with Crippen LogP contribution in [0.15, 0.2) is 47.4 Å². The van der Waals surface area contributed by atoms with Gasteiger partial charge in [0, 0.05) is 18.2 Å². The fraction of sp³-hybridized carbons (Fsp3) is 0.278. The van der Waals surface area contributed by atoms with Crippen molar-refractivity contribution < 1.29 is 13.2 Å². The fourth-order valence-corrected chi connectivity index (χ4v) is 3.34. The van der Waals surface area contributed by atoms with Gasteiger partial charge in [-0.2, -0.15) is 0 Å². The lowest BCUT2D eigenvalue weighted by atomic mass is 10.1. The molecule has 0 aromatic heterocycles. The Bertz CT molecular complexity index is 868. The van der Waals surface area contributed by atoms with Crippen LogP contribution in [0.5, 0.6) is 0 Å². The minimum atomic E-state index is -3.72. The average molecular weight is 398 g/mol. The summed E-state index contributed by atoms with van der Waals surface area (Å²) in [6, 6.07) is 11.1. The SMILES string of the molecule is Cc1cccc(NS(=O)(=O)c2ccc(C(=O)N[C@@H](C)CN)cc2)c1C.Cl. The van der Waals surface area contributed by atoms with Gasteiger partial charge in [0.05, 0.1) is 10.6 Å². The summed E-state index contributed by atoms with van der Waals surface area (Å²) in [4.78, 5) is 12.1. The molecule has 1 amide bonds. The van der Waals surface area contributed by atoms with E-state index in [1.54, 1.807) is 19.1 Å². The normalized spacial score (nSPS) is 12.0. The number of benzene rings is 2. The van der Waals surface area contributed by atoms with Crippen LogP contribution in [0.2, 0.25) is 0 Å². The highest BCUT2D eigenvalue weighted by atomic mass is 35.5. The molecule has 0 heterocycles. The van der Waals surface area contributed by atoms with Gasteiger partial charge in [-0.05, 0) is 62.2 Å². The number of amides is 1. The summed E-state index contributed by atoms with van der Waals surface area (Å²) in [6.45, 7) is 5.91. The van der Waals surface area contributed by atoms with Crippen molar-refractivity contribution in [1.82, 2.24) is 5.32 Å². The van der Waals surface area contributed by atoms with Crippen molar-refractivity contribution in [3.05, 3.63) is 59.2 Å². The van der Waals surface area contributed by atoms with Crippen molar-refractivity contribution in [1.29, 1.82) is 0 Å². The van der Waals surface area contributed by atoms with Crippen molar-refractivity contribution in [2.75, 3.05) is 11.3 Å². The summed E-state index contributed by atoms with van der Waals surface area (Å²) in [6.07, 6.45) is 0. The highest BCUT2D eigenvalue weighted by Gasteiger charge is 2.17. The van der Waals surface area contributed by atoms with E-state index in [2.05, 4.69) is 10.0 Å². The van der Waals surface area contributed by atoms with E-state index in [4.69, 9.17) is 5.73 Å². The zero-order valence-corrected chi connectivity index (χ0v) is 16.6. The Kier molecular flexibility index (Phi) is 7.62. The predicted octanol–water partition coefficient (Wildman–Crippen LogP) is 2.60. The number of rotatable bonds is 6. The van der Waals surface area contributed by atoms with E-state index in [9.17, 15) is 13.2 Å². The zero-order valence-electron chi connectivity index (χ0n) is 14.9. The zero-order chi connectivity index (χ0) is 18.6. The van der Waals surface area contributed by atoms with Gasteiger partial charge >= 0.3 is 0 Å². The van der Waals surface area contributed by atoms with Gasteiger partial charge in [-0.25, -0.2) is 8.42 Å². The van der Waals surface area contributed by atoms with Crippen molar-refractivity contribution >= 4 is 34.0 Å². The maximum atomic E-state index is 12.5. The molecule has 0 saturated carbocycles. The first kappa shape index (κ1) is 22.0. The van der Waals surface area contributed by atoms with Crippen molar-refractivity contribution in [2.24, 2.45) is 5.73 Å². The number of halogens is 1. The maximum Gasteiger partial charge on any atom is 0.261 e. The van der Waals surface area contributed by atoms with E-state index in [1.807, 2.05) is 19.9 Å². The maximum absolute atomic E-state index is 12.5. The van der Waals surface area contributed by atoms with Crippen LogP contribution in [0.25, 0.3) is 0 Å². The number of carbonyl (C=O) groups excluding carboxylic acids is 1. The van der Waals surface area contributed by atoms with Crippen molar-refractivity contribution in [3.63, 3.8) is 0 Å². The van der Waals surface area contributed by atoms with Gasteiger partial charge in [-0.3, -0.25) is 9.52 Å². The van der Waals surface area contributed by atoms with Crippen LogP contribution in [0, 0.1) is 13.8 Å². The lowest BCUT2D eigenvalue weighted by Gasteiger charge is -2.13. The molecule has 2 aromatic rings. The quantitative estimate of drug-likeness (QED) is 0.697. The molecule has 4 N–H and O–H groups in total. The van der Waals surface area contributed by atoms with Crippen LogP contribution in [0.1, 0.15) is 28.4 Å². The summed E-state index contributed by atoms with van der Waals surface area (Å²) < 4.78 is 27.7.